The summed E-state index contributed by atoms with van der Waals surface area (Å²) in [5.41, 5.74) is 0.363. The van der Waals surface area contributed by atoms with Gasteiger partial charge in [-0.25, -0.2) is 0 Å². The van der Waals surface area contributed by atoms with Gasteiger partial charge in [0.1, 0.15) is 17.8 Å². The number of hydrogen-bond acceptors (Lipinski definition) is 7. The fourth-order valence-electron chi connectivity index (χ4n) is 6.18. The van der Waals surface area contributed by atoms with E-state index < -0.39 is 29.4 Å². The Bertz CT molecular complexity index is 1520. The lowest BCUT2D eigenvalue weighted by molar-refractivity contribution is -0.145. The van der Waals surface area contributed by atoms with E-state index in [4.69, 9.17) is 0 Å². The van der Waals surface area contributed by atoms with Crippen LogP contribution in [-0.4, -0.2) is 56.4 Å². The Kier molecular flexibility index (Phi) is 7.24. The number of benzene rings is 1. The van der Waals surface area contributed by atoms with Crippen molar-refractivity contribution in [3.05, 3.63) is 66.2 Å². The maximum atomic E-state index is 14.1. The topological polar surface area (TPSA) is 141 Å². The van der Waals surface area contributed by atoms with Gasteiger partial charge in [0.25, 0.3) is 0 Å². The smallest absolute Gasteiger partial charge is 0.246 e. The van der Waals surface area contributed by atoms with E-state index in [-0.39, 0.29) is 35.5 Å². The molecule has 5 rings (SSSR count). The Morgan fingerprint density at radius 2 is 1.88 bits per heavy atom. The van der Waals surface area contributed by atoms with Crippen LogP contribution in [0.15, 0.2) is 55.0 Å². The van der Waals surface area contributed by atoms with E-state index in [2.05, 4.69) is 45.7 Å². The molecule has 41 heavy (non-hydrogen) atoms. The Labute approximate surface area is 239 Å². The van der Waals surface area contributed by atoms with Crippen molar-refractivity contribution in [2.75, 3.05) is 6.54 Å². The predicted octanol–water partition coefficient (Wildman–Crippen LogP) is 2.96. The molecule has 10 nitrogen and oxygen atoms in total. The first-order chi connectivity index (χ1) is 19.4. The van der Waals surface area contributed by atoms with Gasteiger partial charge in [0.05, 0.1) is 18.7 Å². The Morgan fingerprint density at radius 3 is 2.56 bits per heavy atom. The number of nitrogens with one attached hydrogen (secondary N) is 2. The molecule has 212 valence electrons. The van der Waals surface area contributed by atoms with E-state index in [0.717, 1.165) is 16.3 Å². The quantitative estimate of drug-likeness (QED) is 0.458. The van der Waals surface area contributed by atoms with Crippen LogP contribution in [0.4, 0.5) is 0 Å². The molecule has 0 bridgehead atoms. The highest BCUT2D eigenvalue weighted by molar-refractivity contribution is 5.95. The zero-order valence-electron chi connectivity index (χ0n) is 24.0. The largest absolute Gasteiger partial charge is 0.344 e. The van der Waals surface area contributed by atoms with Crippen LogP contribution in [0.1, 0.15) is 51.9 Å². The average Bonchev–Trinajstić information content (AvgIpc) is 3.26. The van der Waals surface area contributed by atoms with Crippen LogP contribution in [0.25, 0.3) is 10.8 Å². The lowest BCUT2D eigenvalue weighted by Gasteiger charge is -2.37. The summed E-state index contributed by atoms with van der Waals surface area (Å²) >= 11 is 0. The van der Waals surface area contributed by atoms with Gasteiger partial charge in [0, 0.05) is 29.7 Å². The predicted molar refractivity (Wildman–Crippen MR) is 152 cm³/mol. The molecule has 0 spiro atoms. The zero-order chi connectivity index (χ0) is 29.5. The van der Waals surface area contributed by atoms with Gasteiger partial charge in [-0.1, -0.05) is 65.0 Å². The van der Waals surface area contributed by atoms with Gasteiger partial charge in [-0.3, -0.25) is 19.4 Å². The van der Waals surface area contributed by atoms with Crippen molar-refractivity contribution < 1.29 is 14.4 Å². The highest BCUT2D eigenvalue weighted by atomic mass is 16.2. The molecular formula is C31H35N7O3. The summed E-state index contributed by atoms with van der Waals surface area (Å²) in [5, 5.41) is 25.6. The number of amides is 3. The second kappa shape index (κ2) is 10.5. The standard InChI is InChI=1S/C31H35N7O3/c1-30(2,3)27(36-23(39)13-18-9-8-12-33-15-18)29(41)38-17-21-24(31(21,4)5)26(38)28(40)35-22(14-32)25-20-11-7-6-10-19(20)16-34-37-25/h6-12,15-16,21-22,24,26-27H,13,17H2,1-5H3,(H,35,40)(H,36,39)/t21-,22?,24-,26-,27?/m0/s1. The minimum absolute atomic E-state index is 0.0592. The Morgan fingerprint density at radius 1 is 1.12 bits per heavy atom. The van der Waals surface area contributed by atoms with E-state index in [0.29, 0.717) is 12.2 Å². The molecule has 2 fully saturated rings. The van der Waals surface area contributed by atoms with Crippen molar-refractivity contribution in [3.8, 4) is 6.07 Å². The minimum Gasteiger partial charge on any atom is -0.344 e. The highest BCUT2D eigenvalue weighted by Crippen LogP contribution is 2.65. The van der Waals surface area contributed by atoms with Gasteiger partial charge < -0.3 is 15.5 Å². The monoisotopic (exact) mass is 553 g/mol. The number of aromatic nitrogens is 3. The van der Waals surface area contributed by atoms with Gasteiger partial charge >= 0.3 is 0 Å². The van der Waals surface area contributed by atoms with Crippen molar-refractivity contribution in [2.24, 2.45) is 22.7 Å². The number of rotatable bonds is 7. The first-order valence-corrected chi connectivity index (χ1v) is 13.8. The first kappa shape index (κ1) is 28.1. The fourth-order valence-corrected chi connectivity index (χ4v) is 6.18. The van der Waals surface area contributed by atoms with Crippen molar-refractivity contribution in [3.63, 3.8) is 0 Å². The number of carbonyl (C=O) groups excluding carboxylic acids is 3. The summed E-state index contributed by atoms with van der Waals surface area (Å²) in [6.07, 6.45) is 4.96. The molecular weight excluding hydrogens is 518 g/mol. The molecule has 0 radical (unpaired) electrons. The number of pyridine rings is 1. The Balaban J connectivity index is 1.39. The molecule has 5 atom stereocenters. The summed E-state index contributed by atoms with van der Waals surface area (Å²) < 4.78 is 0. The summed E-state index contributed by atoms with van der Waals surface area (Å²) in [7, 11) is 0. The zero-order valence-corrected chi connectivity index (χ0v) is 24.0. The van der Waals surface area contributed by atoms with Gasteiger partial charge in [-0.15, -0.1) is 0 Å². The third kappa shape index (κ3) is 5.36. The molecule has 3 aromatic rings. The van der Waals surface area contributed by atoms with E-state index >= 15 is 0 Å². The molecule has 1 aliphatic carbocycles. The van der Waals surface area contributed by atoms with Crippen LogP contribution >= 0.6 is 0 Å². The van der Waals surface area contributed by atoms with E-state index in [1.54, 1.807) is 29.6 Å². The van der Waals surface area contributed by atoms with Gasteiger partial charge in [-0.2, -0.15) is 15.5 Å². The lowest BCUT2D eigenvalue weighted by atomic mass is 9.85. The van der Waals surface area contributed by atoms with Crippen LogP contribution in [0.2, 0.25) is 0 Å². The number of hydrogen-bond donors (Lipinski definition) is 2. The molecule has 1 aliphatic heterocycles. The molecule has 2 aromatic heterocycles. The van der Waals surface area contributed by atoms with Crippen LogP contribution < -0.4 is 10.6 Å². The number of carbonyl (C=O) groups is 3. The summed E-state index contributed by atoms with van der Waals surface area (Å²) in [4.78, 5) is 46.7. The molecule has 2 N–H and O–H groups in total. The molecule has 3 amide bonds. The fraction of sp³-hybridized carbons (Fsp3) is 0.452. The van der Waals surface area contributed by atoms with Crippen LogP contribution in [0.3, 0.4) is 0 Å². The molecule has 1 saturated heterocycles. The molecule has 3 heterocycles. The molecule has 2 unspecified atom stereocenters. The van der Waals surface area contributed by atoms with Gasteiger partial charge in [0.2, 0.25) is 17.7 Å². The molecule has 10 heteroatoms. The van der Waals surface area contributed by atoms with Crippen LogP contribution in [-0.2, 0) is 20.8 Å². The van der Waals surface area contributed by atoms with Crippen LogP contribution in [0.5, 0.6) is 0 Å². The molecule has 2 aliphatic rings. The first-order valence-electron chi connectivity index (χ1n) is 13.8. The number of piperidine rings is 1. The van der Waals surface area contributed by atoms with Gasteiger partial charge in [0.15, 0.2) is 6.04 Å². The molecule has 1 saturated carbocycles. The van der Waals surface area contributed by atoms with Crippen molar-refractivity contribution in [2.45, 2.75) is 59.2 Å². The van der Waals surface area contributed by atoms with E-state index in [9.17, 15) is 19.6 Å². The number of likely N-dealkylation sites (tertiary alicyclic amines) is 1. The minimum atomic E-state index is -1.04. The summed E-state index contributed by atoms with van der Waals surface area (Å²) in [5.74, 6) is -0.926. The maximum Gasteiger partial charge on any atom is 0.246 e. The van der Waals surface area contributed by atoms with Gasteiger partial charge in [-0.05, 0) is 34.3 Å². The Hall–Kier alpha value is -4.39. The van der Waals surface area contributed by atoms with E-state index in [1.165, 1.54) is 0 Å². The average molecular weight is 554 g/mol. The SMILES string of the molecule is CC(C)(C)C(NC(=O)Cc1cccnc1)C(=O)N1C[C@H]2[C@@H]([C@H]1C(=O)NC(C#N)c1nncc3ccccc13)C2(C)C. The normalized spacial score (nSPS) is 22.2. The highest BCUT2D eigenvalue weighted by Gasteiger charge is 2.69. The molecule has 1 aromatic carbocycles. The second-order valence-electron chi connectivity index (χ2n) is 12.7. The third-order valence-electron chi connectivity index (χ3n) is 8.55. The number of nitriles is 1. The van der Waals surface area contributed by atoms with Crippen LogP contribution in [0, 0.1) is 34.0 Å². The summed E-state index contributed by atoms with van der Waals surface area (Å²) in [6, 6.07) is 10.5. The van der Waals surface area contributed by atoms with Crippen molar-refractivity contribution >= 4 is 28.5 Å². The number of nitrogens with zero attached hydrogens (tertiary/aromatic N) is 5. The summed E-state index contributed by atoms with van der Waals surface area (Å²) in [6.45, 7) is 10.3. The van der Waals surface area contributed by atoms with Crippen molar-refractivity contribution in [1.29, 1.82) is 5.26 Å². The van der Waals surface area contributed by atoms with Crippen molar-refractivity contribution in [1.82, 2.24) is 30.7 Å². The lowest BCUT2D eigenvalue weighted by Crippen LogP contribution is -2.59. The second-order valence-corrected chi connectivity index (χ2v) is 12.7. The maximum absolute atomic E-state index is 14.1. The third-order valence-corrected chi connectivity index (χ3v) is 8.55. The number of fused-ring (bicyclic) bond motifs is 2. The van der Waals surface area contributed by atoms with E-state index in [1.807, 2.05) is 51.1 Å².